The highest BCUT2D eigenvalue weighted by molar-refractivity contribution is 5.95. The van der Waals surface area contributed by atoms with E-state index in [4.69, 9.17) is 11.2 Å². The van der Waals surface area contributed by atoms with Crippen LogP contribution >= 0.6 is 0 Å². The first-order chi connectivity index (χ1) is 11.7. The summed E-state index contributed by atoms with van der Waals surface area (Å²) in [4.78, 5) is 25.0. The number of hydrogen-bond acceptors (Lipinski definition) is 5. The molecule has 1 aromatic heterocycles. The lowest BCUT2D eigenvalue weighted by Gasteiger charge is -2.34. The molecule has 1 radical (unpaired) electrons. The SMILES string of the molecule is [C]#Cc1cc(C(=O)N2CCN(c3ncccn3)CC2)ccc1OC. The summed E-state index contributed by atoms with van der Waals surface area (Å²) in [6, 6.07) is 6.83. The Morgan fingerprint density at radius 3 is 2.54 bits per heavy atom. The zero-order valence-corrected chi connectivity index (χ0v) is 13.4. The van der Waals surface area contributed by atoms with Gasteiger partial charge in [-0.15, -0.1) is 0 Å². The summed E-state index contributed by atoms with van der Waals surface area (Å²) >= 11 is 0. The molecule has 0 spiro atoms. The zero-order valence-electron chi connectivity index (χ0n) is 13.4. The topological polar surface area (TPSA) is 58.6 Å². The largest absolute Gasteiger partial charge is 0.495 e. The maximum atomic E-state index is 12.7. The number of carbonyl (C=O) groups is 1. The van der Waals surface area contributed by atoms with Gasteiger partial charge in [-0.2, -0.15) is 0 Å². The highest BCUT2D eigenvalue weighted by Crippen LogP contribution is 2.20. The number of ether oxygens (including phenoxy) is 1. The number of piperazine rings is 1. The van der Waals surface area contributed by atoms with Crippen LogP contribution in [0.2, 0.25) is 0 Å². The molecule has 6 heteroatoms. The van der Waals surface area contributed by atoms with Crippen LogP contribution in [0.25, 0.3) is 0 Å². The minimum absolute atomic E-state index is 0.0530. The van der Waals surface area contributed by atoms with Crippen molar-refractivity contribution in [2.45, 2.75) is 0 Å². The van der Waals surface area contributed by atoms with E-state index >= 15 is 0 Å². The fourth-order valence-electron chi connectivity index (χ4n) is 2.69. The van der Waals surface area contributed by atoms with Crippen molar-refractivity contribution >= 4 is 11.9 Å². The summed E-state index contributed by atoms with van der Waals surface area (Å²) in [6.07, 6.45) is 10.7. The molecule has 1 aromatic carbocycles. The van der Waals surface area contributed by atoms with Gasteiger partial charge in [-0.05, 0) is 36.6 Å². The molecule has 2 aromatic rings. The summed E-state index contributed by atoms with van der Waals surface area (Å²) in [6.45, 7) is 2.59. The molecule has 1 aliphatic heterocycles. The molecule has 0 unspecified atom stereocenters. The average molecular weight is 321 g/mol. The normalized spacial score (nSPS) is 14.2. The molecule has 0 saturated carbocycles. The van der Waals surface area contributed by atoms with Crippen LogP contribution in [0.5, 0.6) is 5.75 Å². The van der Waals surface area contributed by atoms with E-state index in [0.29, 0.717) is 49.0 Å². The smallest absolute Gasteiger partial charge is 0.254 e. The Kier molecular flexibility index (Phi) is 4.62. The molecule has 1 saturated heterocycles. The summed E-state index contributed by atoms with van der Waals surface area (Å²) in [5.74, 6) is 3.47. The second kappa shape index (κ2) is 7.01. The Balaban J connectivity index is 1.68. The van der Waals surface area contributed by atoms with Crippen LogP contribution in [0.1, 0.15) is 15.9 Å². The Labute approximate surface area is 141 Å². The number of methoxy groups -OCH3 is 1. The number of rotatable bonds is 3. The first kappa shape index (κ1) is 15.8. The quantitative estimate of drug-likeness (QED) is 0.800. The summed E-state index contributed by atoms with van der Waals surface area (Å²) in [7, 11) is 1.53. The second-order valence-electron chi connectivity index (χ2n) is 5.37. The van der Waals surface area contributed by atoms with Crippen molar-refractivity contribution in [1.29, 1.82) is 0 Å². The Hall–Kier alpha value is -3.07. The Morgan fingerprint density at radius 1 is 1.21 bits per heavy atom. The molecule has 24 heavy (non-hydrogen) atoms. The van der Waals surface area contributed by atoms with Gasteiger partial charge in [0.1, 0.15) is 5.75 Å². The fraction of sp³-hybridized carbons (Fsp3) is 0.278. The fourth-order valence-corrected chi connectivity index (χ4v) is 2.69. The van der Waals surface area contributed by atoms with Gasteiger partial charge in [0.25, 0.3) is 5.91 Å². The molecule has 0 atom stereocenters. The van der Waals surface area contributed by atoms with Gasteiger partial charge >= 0.3 is 0 Å². The second-order valence-corrected chi connectivity index (χ2v) is 5.37. The van der Waals surface area contributed by atoms with Gasteiger partial charge in [-0.1, -0.05) is 0 Å². The molecule has 0 bridgehead atoms. The van der Waals surface area contributed by atoms with E-state index in [-0.39, 0.29) is 5.91 Å². The zero-order chi connectivity index (χ0) is 16.9. The maximum Gasteiger partial charge on any atom is 0.254 e. The number of anilines is 1. The lowest BCUT2D eigenvalue weighted by molar-refractivity contribution is 0.0746. The average Bonchev–Trinajstić information content (AvgIpc) is 2.67. The van der Waals surface area contributed by atoms with Gasteiger partial charge in [0.2, 0.25) is 5.95 Å². The number of aromatic nitrogens is 2. The first-order valence-electron chi connectivity index (χ1n) is 7.65. The number of carbonyl (C=O) groups excluding carboxylic acids is 1. The van der Waals surface area contributed by atoms with Gasteiger partial charge in [-0.25, -0.2) is 9.97 Å². The van der Waals surface area contributed by atoms with E-state index in [2.05, 4.69) is 20.8 Å². The molecule has 0 aliphatic carbocycles. The summed E-state index contributed by atoms with van der Waals surface area (Å²) in [5, 5.41) is 0. The predicted octanol–water partition coefficient (Wildman–Crippen LogP) is 1.39. The van der Waals surface area contributed by atoms with Crippen molar-refractivity contribution in [2.75, 3.05) is 38.2 Å². The highest BCUT2D eigenvalue weighted by Gasteiger charge is 2.23. The first-order valence-corrected chi connectivity index (χ1v) is 7.65. The number of hydrogen-bond donors (Lipinski definition) is 0. The van der Waals surface area contributed by atoms with Crippen molar-refractivity contribution in [2.24, 2.45) is 0 Å². The van der Waals surface area contributed by atoms with Crippen LogP contribution in [0.15, 0.2) is 36.7 Å². The van der Waals surface area contributed by atoms with Crippen LogP contribution in [0.3, 0.4) is 0 Å². The molecule has 3 rings (SSSR count). The van der Waals surface area contributed by atoms with Crippen molar-refractivity contribution in [3.63, 3.8) is 0 Å². The third-order valence-corrected chi connectivity index (χ3v) is 3.98. The Bertz CT molecular complexity index is 762. The summed E-state index contributed by atoms with van der Waals surface area (Å²) < 4.78 is 5.15. The van der Waals surface area contributed by atoms with E-state index < -0.39 is 0 Å². The van der Waals surface area contributed by atoms with E-state index in [1.807, 2.05) is 0 Å². The van der Waals surface area contributed by atoms with Crippen molar-refractivity contribution < 1.29 is 9.53 Å². The number of benzene rings is 1. The third kappa shape index (κ3) is 3.15. The number of nitrogens with zero attached hydrogens (tertiary/aromatic N) is 4. The monoisotopic (exact) mass is 321 g/mol. The van der Waals surface area contributed by atoms with Crippen molar-refractivity contribution in [3.05, 3.63) is 54.2 Å². The van der Waals surface area contributed by atoms with Crippen LogP contribution in [0.4, 0.5) is 5.95 Å². The van der Waals surface area contributed by atoms with Gasteiger partial charge < -0.3 is 14.5 Å². The Morgan fingerprint density at radius 2 is 1.92 bits per heavy atom. The number of amides is 1. The van der Waals surface area contributed by atoms with Gasteiger partial charge in [0.15, 0.2) is 0 Å². The van der Waals surface area contributed by atoms with E-state index in [0.717, 1.165) is 0 Å². The van der Waals surface area contributed by atoms with Crippen LogP contribution in [-0.4, -0.2) is 54.1 Å². The van der Waals surface area contributed by atoms with E-state index in [9.17, 15) is 4.79 Å². The molecule has 1 fully saturated rings. The minimum Gasteiger partial charge on any atom is -0.495 e. The molecule has 0 N–H and O–H groups in total. The molecule has 6 nitrogen and oxygen atoms in total. The van der Waals surface area contributed by atoms with Crippen LogP contribution < -0.4 is 9.64 Å². The minimum atomic E-state index is -0.0530. The molecule has 1 amide bonds. The predicted molar refractivity (Wildman–Crippen MR) is 89.4 cm³/mol. The van der Waals surface area contributed by atoms with Gasteiger partial charge in [0.05, 0.1) is 12.7 Å². The van der Waals surface area contributed by atoms with E-state index in [1.165, 1.54) is 7.11 Å². The molecular formula is C18H17N4O2. The van der Waals surface area contributed by atoms with Crippen molar-refractivity contribution in [1.82, 2.24) is 14.9 Å². The van der Waals surface area contributed by atoms with Gasteiger partial charge in [-0.3, -0.25) is 4.79 Å². The summed E-state index contributed by atoms with van der Waals surface area (Å²) in [5.41, 5.74) is 1.01. The third-order valence-electron chi connectivity index (χ3n) is 3.98. The molecule has 121 valence electrons. The molecule has 2 heterocycles. The lowest BCUT2D eigenvalue weighted by atomic mass is 10.1. The van der Waals surface area contributed by atoms with E-state index in [1.54, 1.807) is 41.6 Å². The van der Waals surface area contributed by atoms with Crippen molar-refractivity contribution in [3.8, 4) is 11.7 Å². The van der Waals surface area contributed by atoms with Gasteiger partial charge in [0, 0.05) is 44.1 Å². The highest BCUT2D eigenvalue weighted by atomic mass is 16.5. The van der Waals surface area contributed by atoms with Crippen LogP contribution in [-0.2, 0) is 0 Å². The molecular weight excluding hydrogens is 304 g/mol. The standard InChI is InChI=1S/C18H17N4O2/c1-3-14-13-15(5-6-16(14)24-2)17(23)21-9-11-22(12-10-21)18-19-7-4-8-20-18/h4-8,13H,9-12H2,2H3. The lowest BCUT2D eigenvalue weighted by Crippen LogP contribution is -2.49. The molecule has 1 aliphatic rings. The maximum absolute atomic E-state index is 12.7. The van der Waals surface area contributed by atoms with Crippen LogP contribution in [0, 0.1) is 12.3 Å².